The van der Waals surface area contributed by atoms with Gasteiger partial charge in [0.1, 0.15) is 12.4 Å². The second kappa shape index (κ2) is 11.0. The predicted octanol–water partition coefficient (Wildman–Crippen LogP) is 1.96. The molecule has 0 fully saturated rings. The zero-order valence-electron chi connectivity index (χ0n) is 11.9. The molecular formula is C14H25NO4. The Balaban J connectivity index is 2.04. The summed E-state index contributed by atoms with van der Waals surface area (Å²) in [5, 5.41) is 3.27. The monoisotopic (exact) mass is 271 g/mol. The summed E-state index contributed by atoms with van der Waals surface area (Å²) in [6, 6.07) is 1.98. The molecule has 1 N–H and O–H groups in total. The molecular weight excluding hydrogens is 246 g/mol. The smallest absolute Gasteiger partial charge is 0.133 e. The molecule has 0 aliphatic carbocycles. The van der Waals surface area contributed by atoms with E-state index in [1.54, 1.807) is 13.4 Å². The van der Waals surface area contributed by atoms with E-state index < -0.39 is 0 Å². The van der Waals surface area contributed by atoms with E-state index in [0.717, 1.165) is 30.8 Å². The first-order valence-corrected chi connectivity index (χ1v) is 6.78. The third-order valence-electron chi connectivity index (χ3n) is 2.65. The number of hydrogen-bond acceptors (Lipinski definition) is 5. The summed E-state index contributed by atoms with van der Waals surface area (Å²) >= 11 is 0. The quantitative estimate of drug-likeness (QED) is 0.589. The molecule has 0 unspecified atom stereocenters. The van der Waals surface area contributed by atoms with Gasteiger partial charge >= 0.3 is 0 Å². The highest BCUT2D eigenvalue weighted by molar-refractivity contribution is 5.15. The summed E-state index contributed by atoms with van der Waals surface area (Å²) in [7, 11) is 1.67. The SMILES string of the molecule is CCNCc1ccoc1COCCCOCCOC. The first-order valence-electron chi connectivity index (χ1n) is 6.78. The lowest BCUT2D eigenvalue weighted by Crippen LogP contribution is -2.12. The second-order valence-electron chi connectivity index (χ2n) is 4.16. The zero-order valence-corrected chi connectivity index (χ0v) is 11.9. The molecule has 19 heavy (non-hydrogen) atoms. The van der Waals surface area contributed by atoms with Crippen LogP contribution in [0.3, 0.4) is 0 Å². The van der Waals surface area contributed by atoms with Crippen molar-refractivity contribution < 1.29 is 18.6 Å². The van der Waals surface area contributed by atoms with Crippen molar-refractivity contribution in [1.29, 1.82) is 0 Å². The maximum atomic E-state index is 5.57. The van der Waals surface area contributed by atoms with Crippen molar-refractivity contribution in [3.8, 4) is 0 Å². The van der Waals surface area contributed by atoms with Gasteiger partial charge in [-0.25, -0.2) is 0 Å². The maximum Gasteiger partial charge on any atom is 0.133 e. The second-order valence-corrected chi connectivity index (χ2v) is 4.16. The number of ether oxygens (including phenoxy) is 3. The van der Waals surface area contributed by atoms with Crippen LogP contribution in [0.1, 0.15) is 24.7 Å². The topological polar surface area (TPSA) is 52.9 Å². The van der Waals surface area contributed by atoms with E-state index in [-0.39, 0.29) is 0 Å². The fraction of sp³-hybridized carbons (Fsp3) is 0.714. The minimum absolute atomic E-state index is 0.520. The van der Waals surface area contributed by atoms with Crippen molar-refractivity contribution in [2.45, 2.75) is 26.5 Å². The number of rotatable bonds is 12. The average Bonchev–Trinajstić information content (AvgIpc) is 2.87. The molecule has 0 spiro atoms. The number of methoxy groups -OCH3 is 1. The van der Waals surface area contributed by atoms with Crippen LogP contribution in [0.4, 0.5) is 0 Å². The van der Waals surface area contributed by atoms with Crippen LogP contribution < -0.4 is 5.32 Å². The van der Waals surface area contributed by atoms with Crippen molar-refractivity contribution in [2.24, 2.45) is 0 Å². The van der Waals surface area contributed by atoms with Crippen molar-refractivity contribution in [3.05, 3.63) is 23.7 Å². The molecule has 0 bridgehead atoms. The van der Waals surface area contributed by atoms with Crippen molar-refractivity contribution in [1.82, 2.24) is 5.32 Å². The number of hydrogen-bond donors (Lipinski definition) is 1. The zero-order chi connectivity index (χ0) is 13.8. The minimum atomic E-state index is 0.520. The van der Waals surface area contributed by atoms with Gasteiger partial charge in [-0.1, -0.05) is 6.92 Å². The Bertz CT molecular complexity index is 314. The summed E-state index contributed by atoms with van der Waals surface area (Å²) in [5.41, 5.74) is 1.16. The molecule has 0 saturated heterocycles. The summed E-state index contributed by atoms with van der Waals surface area (Å²) in [5.74, 6) is 0.904. The summed E-state index contributed by atoms with van der Waals surface area (Å²) in [6.07, 6.45) is 2.59. The fourth-order valence-electron chi connectivity index (χ4n) is 1.58. The lowest BCUT2D eigenvalue weighted by atomic mass is 10.2. The largest absolute Gasteiger partial charge is 0.467 e. The normalized spacial score (nSPS) is 11.1. The molecule has 0 aromatic carbocycles. The highest BCUT2D eigenvalue weighted by Gasteiger charge is 2.05. The minimum Gasteiger partial charge on any atom is -0.467 e. The van der Waals surface area contributed by atoms with Gasteiger partial charge in [-0.15, -0.1) is 0 Å². The van der Waals surface area contributed by atoms with E-state index >= 15 is 0 Å². The van der Waals surface area contributed by atoms with Crippen molar-refractivity contribution in [2.75, 3.05) is 40.1 Å². The van der Waals surface area contributed by atoms with Gasteiger partial charge < -0.3 is 23.9 Å². The van der Waals surface area contributed by atoms with E-state index in [4.69, 9.17) is 18.6 Å². The highest BCUT2D eigenvalue weighted by Crippen LogP contribution is 2.11. The van der Waals surface area contributed by atoms with E-state index in [2.05, 4.69) is 12.2 Å². The Morgan fingerprint density at radius 1 is 1.16 bits per heavy atom. The Morgan fingerprint density at radius 3 is 2.79 bits per heavy atom. The van der Waals surface area contributed by atoms with Crippen LogP contribution in [0.5, 0.6) is 0 Å². The Labute approximate surface area is 115 Å². The van der Waals surface area contributed by atoms with E-state index in [1.807, 2.05) is 6.07 Å². The van der Waals surface area contributed by atoms with Crippen LogP contribution in [-0.2, 0) is 27.4 Å². The standard InChI is InChI=1S/C14H25NO4/c1-3-15-11-13-5-8-19-14(13)12-18-7-4-6-17-10-9-16-2/h5,8,15H,3-4,6-7,9-12H2,1-2H3. The first kappa shape index (κ1) is 16.2. The molecule has 110 valence electrons. The van der Waals surface area contributed by atoms with E-state index in [1.165, 1.54) is 0 Å². The molecule has 0 saturated carbocycles. The fourth-order valence-corrected chi connectivity index (χ4v) is 1.58. The van der Waals surface area contributed by atoms with Crippen LogP contribution in [0.2, 0.25) is 0 Å². The van der Waals surface area contributed by atoms with Crippen LogP contribution >= 0.6 is 0 Å². The van der Waals surface area contributed by atoms with Gasteiger partial charge in [-0.3, -0.25) is 0 Å². The van der Waals surface area contributed by atoms with Gasteiger partial charge in [0.05, 0.1) is 19.5 Å². The van der Waals surface area contributed by atoms with Gasteiger partial charge in [-0.2, -0.15) is 0 Å². The van der Waals surface area contributed by atoms with Crippen molar-refractivity contribution in [3.63, 3.8) is 0 Å². The Kier molecular flexibility index (Phi) is 9.36. The average molecular weight is 271 g/mol. The molecule has 0 aliphatic heterocycles. The van der Waals surface area contributed by atoms with Crippen LogP contribution in [0.15, 0.2) is 16.7 Å². The molecule has 5 nitrogen and oxygen atoms in total. The third kappa shape index (κ3) is 7.32. The van der Waals surface area contributed by atoms with Crippen molar-refractivity contribution >= 4 is 0 Å². The highest BCUT2D eigenvalue weighted by atomic mass is 16.5. The van der Waals surface area contributed by atoms with Gasteiger partial charge in [-0.05, 0) is 19.0 Å². The molecule has 1 heterocycles. The molecule has 1 rings (SSSR count). The van der Waals surface area contributed by atoms with Crippen LogP contribution in [-0.4, -0.2) is 40.1 Å². The lowest BCUT2D eigenvalue weighted by molar-refractivity contribution is 0.0451. The maximum absolute atomic E-state index is 5.57. The van der Waals surface area contributed by atoms with Gasteiger partial charge in [0.15, 0.2) is 0 Å². The Hall–Kier alpha value is -0.880. The number of nitrogens with one attached hydrogen (secondary N) is 1. The lowest BCUT2D eigenvalue weighted by Gasteiger charge is -2.06. The molecule has 0 amide bonds. The number of furan rings is 1. The van der Waals surface area contributed by atoms with E-state index in [9.17, 15) is 0 Å². The third-order valence-corrected chi connectivity index (χ3v) is 2.65. The van der Waals surface area contributed by atoms with Crippen LogP contribution in [0.25, 0.3) is 0 Å². The molecule has 0 radical (unpaired) electrons. The molecule has 5 heteroatoms. The van der Waals surface area contributed by atoms with Gasteiger partial charge in [0.25, 0.3) is 0 Å². The molecule has 1 aromatic rings. The van der Waals surface area contributed by atoms with Gasteiger partial charge in [0, 0.05) is 32.4 Å². The van der Waals surface area contributed by atoms with Crippen LogP contribution in [0, 0.1) is 0 Å². The summed E-state index contributed by atoms with van der Waals surface area (Å²) in [4.78, 5) is 0. The van der Waals surface area contributed by atoms with Gasteiger partial charge in [0.2, 0.25) is 0 Å². The Morgan fingerprint density at radius 2 is 2.00 bits per heavy atom. The predicted molar refractivity (Wildman–Crippen MR) is 73.1 cm³/mol. The molecule has 0 atom stereocenters. The summed E-state index contributed by atoms with van der Waals surface area (Å²) < 4.78 is 21.2. The first-order chi connectivity index (χ1) is 9.38. The molecule has 1 aromatic heterocycles. The molecule has 0 aliphatic rings. The van der Waals surface area contributed by atoms with E-state index in [0.29, 0.717) is 33.0 Å². The summed E-state index contributed by atoms with van der Waals surface area (Å²) in [6.45, 7) is 7.03.